The summed E-state index contributed by atoms with van der Waals surface area (Å²) in [5.41, 5.74) is 4.54. The number of nitrogens with one attached hydrogen (secondary N) is 1. The molecule has 0 atom stereocenters. The summed E-state index contributed by atoms with van der Waals surface area (Å²) < 4.78 is 1.92. The Morgan fingerprint density at radius 1 is 0.767 bits per heavy atom. The molecule has 3 aromatic carbocycles. The monoisotopic (exact) mass is 412 g/mol. The number of benzene rings is 3. The first-order valence-corrected chi connectivity index (χ1v) is 10.4. The molecule has 1 heterocycles. The Balaban J connectivity index is 1.46. The molecule has 0 saturated carbocycles. The van der Waals surface area contributed by atoms with E-state index in [4.69, 9.17) is 12.2 Å². The minimum Gasteiger partial charge on any atom is -0.340 e. The highest BCUT2D eigenvalue weighted by atomic mass is 32.1. The van der Waals surface area contributed by atoms with Crippen LogP contribution in [0.2, 0.25) is 0 Å². The van der Waals surface area contributed by atoms with E-state index < -0.39 is 0 Å². The fraction of sp³-hybridized carbons (Fsp3) is 0.120. The van der Waals surface area contributed by atoms with Gasteiger partial charge in [-0.2, -0.15) is 5.10 Å². The van der Waals surface area contributed by atoms with Crippen molar-refractivity contribution in [2.24, 2.45) is 0 Å². The molecular weight excluding hydrogens is 388 g/mol. The molecule has 1 aromatic heterocycles. The van der Waals surface area contributed by atoms with E-state index in [1.165, 1.54) is 16.7 Å². The standard InChI is InChI=1S/C25H24N4S/c30-25(27-24-16-26-29(20-24)19-23-14-8-3-9-15-23)28(17-21-10-4-1-5-11-21)18-22-12-6-2-7-13-22/h1-16,20H,17-19H2,(H,27,30). The second-order valence-electron chi connectivity index (χ2n) is 7.17. The summed E-state index contributed by atoms with van der Waals surface area (Å²) >= 11 is 5.77. The topological polar surface area (TPSA) is 33.1 Å². The van der Waals surface area contributed by atoms with Crippen LogP contribution in [0.25, 0.3) is 0 Å². The van der Waals surface area contributed by atoms with Gasteiger partial charge in [0.05, 0.1) is 18.4 Å². The van der Waals surface area contributed by atoms with Crippen LogP contribution in [0.15, 0.2) is 103 Å². The van der Waals surface area contributed by atoms with Crippen molar-refractivity contribution in [3.8, 4) is 0 Å². The normalized spacial score (nSPS) is 10.5. The minimum atomic E-state index is 0.682. The van der Waals surface area contributed by atoms with Gasteiger partial charge in [-0.1, -0.05) is 91.0 Å². The zero-order chi connectivity index (χ0) is 20.6. The predicted molar refractivity (Wildman–Crippen MR) is 126 cm³/mol. The molecule has 0 bridgehead atoms. The molecule has 1 N–H and O–H groups in total. The lowest BCUT2D eigenvalue weighted by Crippen LogP contribution is -2.33. The third-order valence-corrected chi connectivity index (χ3v) is 5.15. The lowest BCUT2D eigenvalue weighted by Gasteiger charge is -2.26. The zero-order valence-electron chi connectivity index (χ0n) is 16.7. The van der Waals surface area contributed by atoms with E-state index in [9.17, 15) is 0 Å². The summed E-state index contributed by atoms with van der Waals surface area (Å²) in [5.74, 6) is 0. The largest absolute Gasteiger partial charge is 0.340 e. The van der Waals surface area contributed by atoms with Crippen molar-refractivity contribution in [1.29, 1.82) is 0 Å². The Morgan fingerprint density at radius 3 is 1.80 bits per heavy atom. The Morgan fingerprint density at radius 2 is 1.27 bits per heavy atom. The van der Waals surface area contributed by atoms with Gasteiger partial charge in [-0.15, -0.1) is 0 Å². The maximum atomic E-state index is 5.77. The van der Waals surface area contributed by atoms with Crippen LogP contribution < -0.4 is 5.32 Å². The maximum absolute atomic E-state index is 5.77. The Labute approximate surface area is 182 Å². The van der Waals surface area contributed by atoms with E-state index in [2.05, 4.69) is 76.0 Å². The summed E-state index contributed by atoms with van der Waals surface area (Å²) in [5, 5.41) is 8.51. The van der Waals surface area contributed by atoms with Crippen molar-refractivity contribution in [2.45, 2.75) is 19.6 Å². The van der Waals surface area contributed by atoms with E-state index in [0.717, 1.165) is 25.3 Å². The van der Waals surface area contributed by atoms with Crippen LogP contribution in [-0.2, 0) is 19.6 Å². The molecule has 0 aliphatic rings. The number of thiocarbonyl (C=S) groups is 1. The first-order valence-electron chi connectivity index (χ1n) is 9.96. The van der Waals surface area contributed by atoms with Crippen molar-refractivity contribution < 1.29 is 0 Å². The Kier molecular flexibility index (Phi) is 6.52. The van der Waals surface area contributed by atoms with Crippen LogP contribution in [0.4, 0.5) is 5.69 Å². The second kappa shape index (κ2) is 9.85. The highest BCUT2D eigenvalue weighted by Gasteiger charge is 2.12. The van der Waals surface area contributed by atoms with E-state index in [1.54, 1.807) is 0 Å². The third-order valence-electron chi connectivity index (χ3n) is 4.79. The van der Waals surface area contributed by atoms with Crippen molar-refractivity contribution in [2.75, 3.05) is 5.32 Å². The summed E-state index contributed by atoms with van der Waals surface area (Å²) in [6, 6.07) is 31.1. The van der Waals surface area contributed by atoms with Crippen LogP contribution >= 0.6 is 12.2 Å². The summed E-state index contributed by atoms with van der Waals surface area (Å²) in [4.78, 5) is 2.18. The average molecular weight is 413 g/mol. The summed E-state index contributed by atoms with van der Waals surface area (Å²) in [7, 11) is 0. The van der Waals surface area contributed by atoms with Gasteiger partial charge in [0.2, 0.25) is 0 Å². The van der Waals surface area contributed by atoms with Gasteiger partial charge in [0.1, 0.15) is 0 Å². The molecule has 150 valence electrons. The van der Waals surface area contributed by atoms with Gasteiger partial charge in [0.25, 0.3) is 0 Å². The molecule has 0 saturated heterocycles. The van der Waals surface area contributed by atoms with E-state index >= 15 is 0 Å². The number of hydrogen-bond acceptors (Lipinski definition) is 2. The minimum absolute atomic E-state index is 0.682. The number of rotatable bonds is 7. The fourth-order valence-corrected chi connectivity index (χ4v) is 3.54. The molecule has 0 aliphatic carbocycles. The van der Waals surface area contributed by atoms with Crippen LogP contribution in [0.1, 0.15) is 16.7 Å². The Bertz CT molecular complexity index is 1020. The molecule has 4 nitrogen and oxygen atoms in total. The maximum Gasteiger partial charge on any atom is 0.174 e. The van der Waals surface area contributed by atoms with Crippen molar-refractivity contribution >= 4 is 23.0 Å². The van der Waals surface area contributed by atoms with E-state index in [-0.39, 0.29) is 0 Å². The van der Waals surface area contributed by atoms with Gasteiger partial charge < -0.3 is 10.2 Å². The zero-order valence-corrected chi connectivity index (χ0v) is 17.5. The van der Waals surface area contributed by atoms with Gasteiger partial charge in [-0.3, -0.25) is 4.68 Å². The van der Waals surface area contributed by atoms with Crippen LogP contribution in [0.5, 0.6) is 0 Å². The predicted octanol–water partition coefficient (Wildman–Crippen LogP) is 5.33. The fourth-order valence-electron chi connectivity index (χ4n) is 3.29. The third kappa shape index (κ3) is 5.55. The first-order chi connectivity index (χ1) is 14.8. The highest BCUT2D eigenvalue weighted by Crippen LogP contribution is 2.14. The molecule has 0 amide bonds. The van der Waals surface area contributed by atoms with Crippen molar-refractivity contribution in [3.05, 3.63) is 120 Å². The number of hydrogen-bond donors (Lipinski definition) is 1. The molecule has 5 heteroatoms. The molecule has 0 spiro atoms. The molecule has 0 radical (unpaired) electrons. The lowest BCUT2D eigenvalue weighted by molar-refractivity contribution is 0.413. The second-order valence-corrected chi connectivity index (χ2v) is 7.56. The van der Waals surface area contributed by atoms with Gasteiger partial charge >= 0.3 is 0 Å². The quantitative estimate of drug-likeness (QED) is 0.416. The number of nitrogens with zero attached hydrogens (tertiary/aromatic N) is 3. The van der Waals surface area contributed by atoms with Gasteiger partial charge in [-0.25, -0.2) is 0 Å². The molecule has 30 heavy (non-hydrogen) atoms. The molecule has 0 fully saturated rings. The van der Waals surface area contributed by atoms with Crippen LogP contribution in [-0.4, -0.2) is 19.8 Å². The molecular formula is C25H24N4S. The average Bonchev–Trinajstić information content (AvgIpc) is 3.22. The van der Waals surface area contributed by atoms with Gasteiger partial charge in [0, 0.05) is 19.3 Å². The SMILES string of the molecule is S=C(Nc1cnn(Cc2ccccc2)c1)N(Cc1ccccc1)Cc1ccccc1. The van der Waals surface area contributed by atoms with Gasteiger partial charge in [0.15, 0.2) is 5.11 Å². The smallest absolute Gasteiger partial charge is 0.174 e. The van der Waals surface area contributed by atoms with Crippen LogP contribution in [0, 0.1) is 0 Å². The van der Waals surface area contributed by atoms with Gasteiger partial charge in [-0.05, 0) is 28.9 Å². The Hall–Kier alpha value is -3.44. The molecule has 4 rings (SSSR count). The highest BCUT2D eigenvalue weighted by molar-refractivity contribution is 7.80. The van der Waals surface area contributed by atoms with E-state index in [1.807, 2.05) is 47.4 Å². The molecule has 4 aromatic rings. The summed E-state index contributed by atoms with van der Waals surface area (Å²) in [6.45, 7) is 2.20. The van der Waals surface area contributed by atoms with Crippen molar-refractivity contribution in [3.63, 3.8) is 0 Å². The first kappa shape index (κ1) is 19.9. The number of aromatic nitrogens is 2. The number of anilines is 1. The molecule has 0 aliphatic heterocycles. The molecule has 0 unspecified atom stereocenters. The van der Waals surface area contributed by atoms with E-state index in [0.29, 0.717) is 5.11 Å². The van der Waals surface area contributed by atoms with Crippen molar-refractivity contribution in [1.82, 2.24) is 14.7 Å². The summed E-state index contributed by atoms with van der Waals surface area (Å²) in [6.07, 6.45) is 3.81. The van der Waals surface area contributed by atoms with Crippen LogP contribution in [0.3, 0.4) is 0 Å². The lowest BCUT2D eigenvalue weighted by atomic mass is 10.2.